The second-order valence-electron chi connectivity index (χ2n) is 4.23. The van der Waals surface area contributed by atoms with Crippen molar-refractivity contribution in [1.29, 1.82) is 0 Å². The molecule has 100 valence electrons. The van der Waals surface area contributed by atoms with E-state index in [-0.39, 0.29) is 5.91 Å². The van der Waals surface area contributed by atoms with Gasteiger partial charge in [0.2, 0.25) is 5.91 Å². The monoisotopic (exact) mass is 259 g/mol. The summed E-state index contributed by atoms with van der Waals surface area (Å²) in [4.78, 5) is 13.7. The van der Waals surface area contributed by atoms with Crippen LogP contribution in [0.15, 0.2) is 36.5 Å². The number of carbonyl (C=O) groups excluding carboxylic acids is 1. The number of H-pyrrole nitrogens is 1. The van der Waals surface area contributed by atoms with Crippen molar-refractivity contribution in [3.05, 3.63) is 42.2 Å². The van der Waals surface area contributed by atoms with E-state index in [9.17, 15) is 4.79 Å². The molecule has 0 aliphatic rings. The lowest BCUT2D eigenvalue weighted by molar-refractivity contribution is -0.118. The third kappa shape index (κ3) is 3.34. The number of aromatic nitrogens is 2. The van der Waals surface area contributed by atoms with Crippen LogP contribution in [-0.4, -0.2) is 30.3 Å². The van der Waals surface area contributed by atoms with Crippen LogP contribution in [0.5, 0.6) is 5.75 Å². The number of carbonyl (C=O) groups is 1. The minimum absolute atomic E-state index is 0.0692. The fraction of sp³-hybridized carbons (Fsp3) is 0.286. The van der Waals surface area contributed by atoms with E-state index in [4.69, 9.17) is 4.74 Å². The summed E-state index contributed by atoms with van der Waals surface area (Å²) in [6.07, 6.45) is 2.80. The highest BCUT2D eigenvalue weighted by atomic mass is 16.5. The summed E-state index contributed by atoms with van der Waals surface area (Å²) in [5, 5.41) is 6.71. The van der Waals surface area contributed by atoms with Crippen molar-refractivity contribution in [2.24, 2.45) is 0 Å². The smallest absolute Gasteiger partial charge is 0.227 e. The van der Waals surface area contributed by atoms with Gasteiger partial charge >= 0.3 is 0 Å². The van der Waals surface area contributed by atoms with Gasteiger partial charge in [-0.2, -0.15) is 5.10 Å². The molecule has 19 heavy (non-hydrogen) atoms. The third-order valence-corrected chi connectivity index (χ3v) is 3.00. The maximum Gasteiger partial charge on any atom is 0.227 e. The van der Waals surface area contributed by atoms with Crippen LogP contribution in [0.3, 0.4) is 0 Å². The average molecular weight is 259 g/mol. The van der Waals surface area contributed by atoms with Crippen molar-refractivity contribution in [2.45, 2.75) is 12.8 Å². The molecule has 0 aliphatic carbocycles. The van der Waals surface area contributed by atoms with Crippen LogP contribution in [0.2, 0.25) is 0 Å². The summed E-state index contributed by atoms with van der Waals surface area (Å²) >= 11 is 0. The fourth-order valence-corrected chi connectivity index (χ4v) is 1.78. The molecule has 1 aromatic heterocycles. The molecule has 5 nitrogen and oxygen atoms in total. The third-order valence-electron chi connectivity index (χ3n) is 3.00. The Bertz CT molecular complexity index is 520. The summed E-state index contributed by atoms with van der Waals surface area (Å²) in [5.41, 5.74) is 1.83. The summed E-state index contributed by atoms with van der Waals surface area (Å²) in [6, 6.07) is 9.29. The lowest BCUT2D eigenvalue weighted by atomic mass is 10.2. The summed E-state index contributed by atoms with van der Waals surface area (Å²) in [6.45, 7) is 0. The van der Waals surface area contributed by atoms with E-state index in [1.54, 1.807) is 25.3 Å². The average Bonchev–Trinajstić information content (AvgIpc) is 2.97. The van der Waals surface area contributed by atoms with E-state index < -0.39 is 0 Å². The Morgan fingerprint density at radius 3 is 2.63 bits per heavy atom. The van der Waals surface area contributed by atoms with Crippen molar-refractivity contribution in [1.82, 2.24) is 10.2 Å². The topological polar surface area (TPSA) is 58.2 Å². The van der Waals surface area contributed by atoms with Crippen molar-refractivity contribution in [3.8, 4) is 5.75 Å². The van der Waals surface area contributed by atoms with Gasteiger partial charge in [-0.05, 0) is 36.8 Å². The van der Waals surface area contributed by atoms with Gasteiger partial charge in [-0.25, -0.2) is 0 Å². The molecule has 1 aromatic carbocycles. The highest BCUT2D eigenvalue weighted by Gasteiger charge is 2.11. The summed E-state index contributed by atoms with van der Waals surface area (Å²) in [7, 11) is 3.39. The number of aromatic amines is 1. The minimum atomic E-state index is 0.0692. The Labute approximate surface area is 112 Å². The van der Waals surface area contributed by atoms with E-state index in [1.165, 1.54) is 0 Å². The first kappa shape index (κ1) is 13.1. The molecule has 2 aromatic rings. The predicted molar refractivity (Wildman–Crippen MR) is 73.3 cm³/mol. The molecular weight excluding hydrogens is 242 g/mol. The van der Waals surface area contributed by atoms with Gasteiger partial charge in [0.05, 0.1) is 7.11 Å². The maximum atomic E-state index is 12.1. The molecule has 0 fully saturated rings. The number of methoxy groups -OCH3 is 1. The highest BCUT2D eigenvalue weighted by molar-refractivity contribution is 5.92. The lowest BCUT2D eigenvalue weighted by Gasteiger charge is -2.17. The van der Waals surface area contributed by atoms with Gasteiger partial charge in [0, 0.05) is 31.0 Å². The predicted octanol–water partition coefficient (Wildman–Crippen LogP) is 2.01. The molecule has 0 saturated carbocycles. The van der Waals surface area contributed by atoms with Crippen LogP contribution < -0.4 is 9.64 Å². The number of hydrogen-bond acceptors (Lipinski definition) is 3. The van der Waals surface area contributed by atoms with Gasteiger partial charge in [-0.3, -0.25) is 9.89 Å². The zero-order valence-electron chi connectivity index (χ0n) is 11.1. The largest absolute Gasteiger partial charge is 0.497 e. The van der Waals surface area contributed by atoms with E-state index in [1.807, 2.05) is 30.3 Å². The molecule has 0 saturated heterocycles. The molecule has 1 amide bonds. The molecule has 0 spiro atoms. The molecular formula is C14H17N3O2. The van der Waals surface area contributed by atoms with Crippen LogP contribution in [0.25, 0.3) is 0 Å². The second kappa shape index (κ2) is 6.04. The van der Waals surface area contributed by atoms with Crippen LogP contribution in [0.4, 0.5) is 5.69 Å². The number of aryl methyl sites for hydroxylation is 1. The zero-order valence-corrected chi connectivity index (χ0v) is 11.1. The molecule has 0 atom stereocenters. The van der Waals surface area contributed by atoms with Gasteiger partial charge in [-0.15, -0.1) is 0 Å². The van der Waals surface area contributed by atoms with Crippen molar-refractivity contribution in [2.75, 3.05) is 19.1 Å². The first-order chi connectivity index (χ1) is 9.20. The SMILES string of the molecule is COc1ccc(N(C)C(=O)CCc2ccn[nH]2)cc1. The first-order valence-electron chi connectivity index (χ1n) is 6.09. The van der Waals surface area contributed by atoms with Crippen molar-refractivity contribution < 1.29 is 9.53 Å². The minimum Gasteiger partial charge on any atom is -0.497 e. The van der Waals surface area contributed by atoms with Crippen LogP contribution in [-0.2, 0) is 11.2 Å². The lowest BCUT2D eigenvalue weighted by Crippen LogP contribution is -2.26. The standard InChI is InChI=1S/C14H17N3O2/c1-17(12-4-6-13(19-2)7-5-12)14(18)8-3-11-9-10-15-16-11/h4-7,9-10H,3,8H2,1-2H3,(H,15,16). The number of nitrogens with zero attached hydrogens (tertiary/aromatic N) is 2. The molecule has 5 heteroatoms. The first-order valence-corrected chi connectivity index (χ1v) is 6.09. The molecule has 1 N–H and O–H groups in total. The van der Waals surface area contributed by atoms with E-state index in [0.29, 0.717) is 12.8 Å². The molecule has 2 rings (SSSR count). The molecule has 1 heterocycles. The number of anilines is 1. The van der Waals surface area contributed by atoms with E-state index in [0.717, 1.165) is 17.1 Å². The summed E-state index contributed by atoms with van der Waals surface area (Å²) < 4.78 is 5.09. The molecule has 0 aliphatic heterocycles. The van der Waals surface area contributed by atoms with Crippen LogP contribution in [0.1, 0.15) is 12.1 Å². The number of ether oxygens (including phenoxy) is 1. The Kier molecular flexibility index (Phi) is 4.18. The number of benzene rings is 1. The van der Waals surface area contributed by atoms with E-state index >= 15 is 0 Å². The maximum absolute atomic E-state index is 12.1. The van der Waals surface area contributed by atoms with E-state index in [2.05, 4.69) is 10.2 Å². The number of hydrogen-bond donors (Lipinski definition) is 1. The van der Waals surface area contributed by atoms with Gasteiger partial charge in [-0.1, -0.05) is 0 Å². The second-order valence-corrected chi connectivity index (χ2v) is 4.23. The van der Waals surface area contributed by atoms with Gasteiger partial charge in [0.1, 0.15) is 5.75 Å². The summed E-state index contributed by atoms with van der Waals surface area (Å²) in [5.74, 6) is 0.849. The number of amides is 1. The molecule has 0 bridgehead atoms. The Hall–Kier alpha value is -2.30. The zero-order chi connectivity index (χ0) is 13.7. The normalized spacial score (nSPS) is 10.2. The van der Waals surface area contributed by atoms with Crippen LogP contribution >= 0.6 is 0 Å². The Morgan fingerprint density at radius 2 is 2.05 bits per heavy atom. The number of rotatable bonds is 5. The van der Waals surface area contributed by atoms with Gasteiger partial charge < -0.3 is 9.64 Å². The quantitative estimate of drug-likeness (QED) is 0.893. The Morgan fingerprint density at radius 1 is 1.32 bits per heavy atom. The highest BCUT2D eigenvalue weighted by Crippen LogP contribution is 2.18. The van der Waals surface area contributed by atoms with Gasteiger partial charge in [0.25, 0.3) is 0 Å². The van der Waals surface area contributed by atoms with Crippen molar-refractivity contribution >= 4 is 11.6 Å². The van der Waals surface area contributed by atoms with Gasteiger partial charge in [0.15, 0.2) is 0 Å². The van der Waals surface area contributed by atoms with Crippen LogP contribution in [0, 0.1) is 0 Å². The molecule has 0 radical (unpaired) electrons. The fourth-order valence-electron chi connectivity index (χ4n) is 1.78. The molecule has 0 unspecified atom stereocenters. The van der Waals surface area contributed by atoms with Crippen molar-refractivity contribution in [3.63, 3.8) is 0 Å². The Balaban J connectivity index is 1.94. The number of nitrogens with one attached hydrogen (secondary N) is 1.